The first kappa shape index (κ1) is 9.09. The van der Waals surface area contributed by atoms with Gasteiger partial charge in [-0.2, -0.15) is 5.26 Å². The van der Waals surface area contributed by atoms with E-state index in [-0.39, 0.29) is 5.56 Å². The number of aromatic nitrogens is 3. The highest BCUT2D eigenvalue weighted by Gasteiger charge is 2.01. The average Bonchev–Trinajstić information content (AvgIpc) is 2.29. The molecule has 2 aromatic rings. The molecule has 0 atom stereocenters. The lowest BCUT2D eigenvalue weighted by atomic mass is 10.2. The number of nitriles is 1. The molecule has 2 heterocycles. The van der Waals surface area contributed by atoms with Crippen LogP contribution in [-0.2, 0) is 0 Å². The summed E-state index contributed by atoms with van der Waals surface area (Å²) in [6, 6.07) is 6.93. The maximum atomic E-state index is 11.0. The van der Waals surface area contributed by atoms with Crippen LogP contribution in [0.1, 0.15) is 5.69 Å². The number of hydrogen-bond donors (Lipinski definition) is 1. The van der Waals surface area contributed by atoms with E-state index in [0.717, 1.165) is 0 Å². The highest BCUT2D eigenvalue weighted by molar-refractivity contribution is 5.53. The van der Waals surface area contributed by atoms with E-state index < -0.39 is 0 Å². The molecule has 72 valence electrons. The van der Waals surface area contributed by atoms with E-state index in [4.69, 9.17) is 5.26 Å². The summed E-state index contributed by atoms with van der Waals surface area (Å²) in [5.74, 6) is 0. The topological polar surface area (TPSA) is 82.4 Å². The Labute approximate surface area is 85.1 Å². The van der Waals surface area contributed by atoms with Crippen molar-refractivity contribution in [3.8, 4) is 17.5 Å². The molecule has 0 saturated carbocycles. The van der Waals surface area contributed by atoms with Crippen LogP contribution in [0.2, 0.25) is 0 Å². The Morgan fingerprint density at radius 3 is 2.93 bits per heavy atom. The van der Waals surface area contributed by atoms with Crippen molar-refractivity contribution in [1.29, 1.82) is 5.26 Å². The minimum atomic E-state index is -0.295. The molecule has 1 N–H and O–H groups in total. The Bertz CT molecular complexity index is 582. The Kier molecular flexibility index (Phi) is 2.25. The van der Waals surface area contributed by atoms with Gasteiger partial charge in [-0.3, -0.25) is 9.78 Å². The summed E-state index contributed by atoms with van der Waals surface area (Å²) >= 11 is 0. The van der Waals surface area contributed by atoms with Crippen LogP contribution < -0.4 is 5.56 Å². The van der Waals surface area contributed by atoms with Gasteiger partial charge < -0.3 is 4.98 Å². The van der Waals surface area contributed by atoms with E-state index in [1.54, 1.807) is 18.2 Å². The van der Waals surface area contributed by atoms with Crippen LogP contribution in [0.4, 0.5) is 0 Å². The lowest BCUT2D eigenvalue weighted by molar-refractivity contribution is 1.12. The number of aromatic amines is 1. The molecule has 0 aliphatic heterocycles. The molecule has 15 heavy (non-hydrogen) atoms. The highest BCUT2D eigenvalue weighted by Crippen LogP contribution is 2.10. The van der Waals surface area contributed by atoms with Crippen LogP contribution in [0.15, 0.2) is 35.4 Å². The number of nitrogens with one attached hydrogen (secondary N) is 1. The van der Waals surface area contributed by atoms with Crippen molar-refractivity contribution in [1.82, 2.24) is 15.0 Å². The second-order valence-electron chi connectivity index (χ2n) is 2.83. The van der Waals surface area contributed by atoms with E-state index >= 15 is 0 Å². The van der Waals surface area contributed by atoms with Gasteiger partial charge in [-0.05, 0) is 12.1 Å². The SMILES string of the molecule is N#Cc1cccc(-c2cncc(=O)[nH]2)n1. The smallest absolute Gasteiger partial charge is 0.266 e. The Balaban J connectivity index is 2.55. The molecule has 0 aromatic carbocycles. The van der Waals surface area contributed by atoms with E-state index in [9.17, 15) is 4.79 Å². The summed E-state index contributed by atoms with van der Waals surface area (Å²) in [5, 5.41) is 8.66. The summed E-state index contributed by atoms with van der Waals surface area (Å²) < 4.78 is 0. The number of H-pyrrole nitrogens is 1. The van der Waals surface area contributed by atoms with Gasteiger partial charge in [0.25, 0.3) is 5.56 Å². The van der Waals surface area contributed by atoms with Crippen molar-refractivity contribution in [2.45, 2.75) is 0 Å². The fraction of sp³-hybridized carbons (Fsp3) is 0. The molecule has 0 aliphatic carbocycles. The Morgan fingerprint density at radius 2 is 2.20 bits per heavy atom. The van der Waals surface area contributed by atoms with Gasteiger partial charge in [-0.1, -0.05) is 6.07 Å². The quantitative estimate of drug-likeness (QED) is 0.731. The largest absolute Gasteiger partial charge is 0.318 e. The normalized spacial score (nSPS) is 9.53. The van der Waals surface area contributed by atoms with E-state index in [1.165, 1.54) is 12.4 Å². The minimum Gasteiger partial charge on any atom is -0.318 e. The second-order valence-corrected chi connectivity index (χ2v) is 2.83. The van der Waals surface area contributed by atoms with Crippen LogP contribution >= 0.6 is 0 Å². The molecule has 0 bridgehead atoms. The molecule has 0 saturated heterocycles. The third kappa shape index (κ3) is 1.89. The van der Waals surface area contributed by atoms with Crippen LogP contribution in [0, 0.1) is 11.3 Å². The number of pyridine rings is 1. The average molecular weight is 198 g/mol. The zero-order valence-corrected chi connectivity index (χ0v) is 7.64. The zero-order chi connectivity index (χ0) is 10.7. The van der Waals surface area contributed by atoms with Crippen molar-refractivity contribution < 1.29 is 0 Å². The molecule has 0 unspecified atom stereocenters. The first-order valence-corrected chi connectivity index (χ1v) is 4.21. The highest BCUT2D eigenvalue weighted by atomic mass is 16.1. The van der Waals surface area contributed by atoms with Gasteiger partial charge in [0.05, 0.1) is 23.8 Å². The predicted molar refractivity (Wildman–Crippen MR) is 52.8 cm³/mol. The first-order valence-electron chi connectivity index (χ1n) is 4.21. The summed E-state index contributed by atoms with van der Waals surface area (Å²) in [4.78, 5) is 21.4. The van der Waals surface area contributed by atoms with Crippen LogP contribution in [0.5, 0.6) is 0 Å². The van der Waals surface area contributed by atoms with Gasteiger partial charge in [0.1, 0.15) is 11.8 Å². The Hall–Kier alpha value is -2.48. The van der Waals surface area contributed by atoms with Crippen LogP contribution in [-0.4, -0.2) is 15.0 Å². The monoisotopic (exact) mass is 198 g/mol. The fourth-order valence-electron chi connectivity index (χ4n) is 1.15. The van der Waals surface area contributed by atoms with Crippen LogP contribution in [0.25, 0.3) is 11.4 Å². The number of hydrogen-bond acceptors (Lipinski definition) is 4. The molecule has 2 aromatic heterocycles. The maximum absolute atomic E-state index is 11.0. The summed E-state index contributed by atoms with van der Waals surface area (Å²) in [6.45, 7) is 0. The number of nitrogens with zero attached hydrogens (tertiary/aromatic N) is 3. The third-order valence-corrected chi connectivity index (χ3v) is 1.79. The number of rotatable bonds is 1. The molecular weight excluding hydrogens is 192 g/mol. The summed E-state index contributed by atoms with van der Waals surface area (Å²) in [5.41, 5.74) is 1.03. The van der Waals surface area contributed by atoms with Gasteiger partial charge in [0.15, 0.2) is 0 Å². The van der Waals surface area contributed by atoms with E-state index in [0.29, 0.717) is 17.1 Å². The van der Waals surface area contributed by atoms with Gasteiger partial charge in [-0.15, -0.1) is 0 Å². The third-order valence-electron chi connectivity index (χ3n) is 1.79. The van der Waals surface area contributed by atoms with Gasteiger partial charge in [0, 0.05) is 0 Å². The molecule has 2 rings (SSSR count). The molecule has 0 fully saturated rings. The van der Waals surface area contributed by atoms with Crippen LogP contribution in [0.3, 0.4) is 0 Å². The fourth-order valence-corrected chi connectivity index (χ4v) is 1.15. The molecule has 0 aliphatic rings. The van der Waals surface area contributed by atoms with Gasteiger partial charge >= 0.3 is 0 Å². The van der Waals surface area contributed by atoms with Crippen molar-refractivity contribution >= 4 is 0 Å². The predicted octanol–water partition coefficient (Wildman–Crippen LogP) is 0.704. The van der Waals surface area contributed by atoms with Crippen molar-refractivity contribution in [2.24, 2.45) is 0 Å². The molecular formula is C10H6N4O. The lowest BCUT2D eigenvalue weighted by Gasteiger charge is -1.98. The molecule has 0 spiro atoms. The Morgan fingerprint density at radius 1 is 1.33 bits per heavy atom. The van der Waals surface area contributed by atoms with Gasteiger partial charge in [-0.25, -0.2) is 4.98 Å². The minimum absolute atomic E-state index is 0.295. The standard InChI is InChI=1S/C10H6N4O/c11-4-7-2-1-3-8(13-7)9-5-12-6-10(15)14-9/h1-3,5-6H,(H,14,15). The zero-order valence-electron chi connectivity index (χ0n) is 7.64. The summed E-state index contributed by atoms with van der Waals surface area (Å²) in [6.07, 6.45) is 2.67. The van der Waals surface area contributed by atoms with Crippen molar-refractivity contribution in [3.63, 3.8) is 0 Å². The summed E-state index contributed by atoms with van der Waals surface area (Å²) in [7, 11) is 0. The first-order chi connectivity index (χ1) is 7.29. The van der Waals surface area contributed by atoms with E-state index in [1.807, 2.05) is 6.07 Å². The second kappa shape index (κ2) is 3.72. The van der Waals surface area contributed by atoms with Crippen molar-refractivity contribution in [2.75, 3.05) is 0 Å². The van der Waals surface area contributed by atoms with E-state index in [2.05, 4.69) is 15.0 Å². The molecule has 0 amide bonds. The van der Waals surface area contributed by atoms with Gasteiger partial charge in [0.2, 0.25) is 0 Å². The lowest BCUT2D eigenvalue weighted by Crippen LogP contribution is -2.06. The van der Waals surface area contributed by atoms with Crippen molar-refractivity contribution in [3.05, 3.63) is 46.6 Å². The maximum Gasteiger partial charge on any atom is 0.266 e. The molecule has 0 radical (unpaired) electrons. The molecule has 5 nitrogen and oxygen atoms in total. The molecule has 5 heteroatoms.